The third kappa shape index (κ3) is 4.15. The molecule has 0 saturated heterocycles. The summed E-state index contributed by atoms with van der Waals surface area (Å²) < 4.78 is 1.46. The van der Waals surface area contributed by atoms with Gasteiger partial charge in [0.15, 0.2) is 5.82 Å². The van der Waals surface area contributed by atoms with Crippen LogP contribution in [0, 0.1) is 0 Å². The van der Waals surface area contributed by atoms with E-state index in [-0.39, 0.29) is 16.6 Å². The third-order valence-corrected chi connectivity index (χ3v) is 5.31. The lowest BCUT2D eigenvalue weighted by Crippen LogP contribution is -2.32. The van der Waals surface area contributed by atoms with Crippen molar-refractivity contribution in [1.29, 1.82) is 0 Å². The van der Waals surface area contributed by atoms with E-state index < -0.39 is 0 Å². The molecule has 1 atom stereocenters. The molecule has 1 fully saturated rings. The van der Waals surface area contributed by atoms with Crippen LogP contribution in [0.1, 0.15) is 46.1 Å². The molecule has 6 nitrogen and oxygen atoms in total. The number of nitrogen functional groups attached to an aromatic ring is 1. The molecule has 0 unspecified atom stereocenters. The highest BCUT2D eigenvalue weighted by Crippen LogP contribution is 2.28. The quantitative estimate of drug-likeness (QED) is 0.633. The Morgan fingerprint density at radius 1 is 1.28 bits per heavy atom. The van der Waals surface area contributed by atoms with Crippen LogP contribution >= 0.6 is 11.8 Å². The monoisotopic (exact) mass is 359 g/mol. The summed E-state index contributed by atoms with van der Waals surface area (Å²) in [7, 11) is 0. The molecule has 7 heteroatoms. The standard InChI is InChI=1S/C18H25N5OS/c1-11(16(24)20-14-9-10-14)25-17-22-21-15(23(17)19)12-5-7-13(8-6-12)18(2,3)4/h5-8,11,14H,9-10,19H2,1-4H3,(H,20,24)/t11-/m0/s1. The Hall–Kier alpha value is -2.02. The van der Waals surface area contributed by atoms with E-state index in [9.17, 15) is 4.79 Å². The number of thioether (sulfide) groups is 1. The lowest BCUT2D eigenvalue weighted by atomic mass is 9.87. The zero-order valence-electron chi connectivity index (χ0n) is 15.1. The van der Waals surface area contributed by atoms with Crippen molar-refractivity contribution >= 4 is 17.7 Å². The maximum Gasteiger partial charge on any atom is 0.233 e. The molecule has 1 amide bonds. The van der Waals surface area contributed by atoms with Gasteiger partial charge >= 0.3 is 0 Å². The fourth-order valence-electron chi connectivity index (χ4n) is 2.43. The first kappa shape index (κ1) is 17.8. The number of benzene rings is 1. The van der Waals surface area contributed by atoms with Crippen molar-refractivity contribution in [2.24, 2.45) is 0 Å². The van der Waals surface area contributed by atoms with Crippen LogP contribution in [0.3, 0.4) is 0 Å². The van der Waals surface area contributed by atoms with E-state index in [4.69, 9.17) is 5.84 Å². The van der Waals surface area contributed by atoms with Gasteiger partial charge in [0.2, 0.25) is 11.1 Å². The zero-order chi connectivity index (χ0) is 18.2. The van der Waals surface area contributed by atoms with E-state index in [1.807, 2.05) is 19.1 Å². The Bertz CT molecular complexity index is 759. The predicted molar refractivity (Wildman–Crippen MR) is 101 cm³/mol. The maximum absolute atomic E-state index is 12.1. The zero-order valence-corrected chi connectivity index (χ0v) is 15.9. The Labute approximate surface area is 152 Å². The van der Waals surface area contributed by atoms with Crippen molar-refractivity contribution in [3.05, 3.63) is 29.8 Å². The van der Waals surface area contributed by atoms with Crippen molar-refractivity contribution < 1.29 is 4.79 Å². The molecule has 0 radical (unpaired) electrons. The minimum absolute atomic E-state index is 0.0200. The first-order valence-electron chi connectivity index (χ1n) is 8.54. The van der Waals surface area contributed by atoms with Crippen LogP contribution in [0.5, 0.6) is 0 Å². The molecule has 0 aliphatic heterocycles. The summed E-state index contributed by atoms with van der Waals surface area (Å²) in [6.07, 6.45) is 2.15. The van der Waals surface area contributed by atoms with Gasteiger partial charge in [-0.1, -0.05) is 56.8 Å². The molecule has 25 heavy (non-hydrogen) atoms. The number of amides is 1. The minimum Gasteiger partial charge on any atom is -0.352 e. The van der Waals surface area contributed by atoms with Crippen LogP contribution in [0.4, 0.5) is 0 Å². The van der Waals surface area contributed by atoms with Gasteiger partial charge in [0, 0.05) is 11.6 Å². The van der Waals surface area contributed by atoms with E-state index in [2.05, 4.69) is 48.4 Å². The van der Waals surface area contributed by atoms with Crippen molar-refractivity contribution in [3.8, 4) is 11.4 Å². The van der Waals surface area contributed by atoms with Gasteiger partial charge in [0.1, 0.15) is 0 Å². The Kier molecular flexibility index (Phi) is 4.77. The Morgan fingerprint density at radius 3 is 2.48 bits per heavy atom. The van der Waals surface area contributed by atoms with Crippen molar-refractivity contribution in [1.82, 2.24) is 20.2 Å². The first-order valence-corrected chi connectivity index (χ1v) is 9.42. The summed E-state index contributed by atoms with van der Waals surface area (Å²) in [5.74, 6) is 6.78. The number of carbonyl (C=O) groups is 1. The maximum atomic E-state index is 12.1. The molecule has 134 valence electrons. The van der Waals surface area contributed by atoms with Gasteiger partial charge in [0.25, 0.3) is 0 Å². The van der Waals surface area contributed by atoms with Gasteiger partial charge < -0.3 is 11.2 Å². The van der Waals surface area contributed by atoms with Crippen LogP contribution in [0.2, 0.25) is 0 Å². The average molecular weight is 359 g/mol. The third-order valence-electron chi connectivity index (χ3n) is 4.25. The van der Waals surface area contributed by atoms with E-state index in [1.165, 1.54) is 22.0 Å². The molecule has 1 aliphatic rings. The van der Waals surface area contributed by atoms with Gasteiger partial charge in [-0.2, -0.15) is 0 Å². The molecule has 3 N–H and O–H groups in total. The normalized spacial score (nSPS) is 15.8. The second-order valence-corrected chi connectivity index (χ2v) is 8.85. The van der Waals surface area contributed by atoms with E-state index in [0.29, 0.717) is 17.0 Å². The summed E-state index contributed by atoms with van der Waals surface area (Å²) in [6, 6.07) is 8.53. The lowest BCUT2D eigenvalue weighted by molar-refractivity contribution is -0.120. The molecule has 1 aromatic heterocycles. The van der Waals surface area contributed by atoms with Crippen molar-refractivity contribution in [2.45, 2.75) is 62.4 Å². The number of hydrogen-bond acceptors (Lipinski definition) is 5. The predicted octanol–water partition coefficient (Wildman–Crippen LogP) is 2.72. The van der Waals surface area contributed by atoms with Crippen LogP contribution in [0.25, 0.3) is 11.4 Å². The molecule has 0 bridgehead atoms. The van der Waals surface area contributed by atoms with Gasteiger partial charge in [-0.15, -0.1) is 10.2 Å². The fourth-order valence-corrected chi connectivity index (χ4v) is 3.21. The summed E-state index contributed by atoms with van der Waals surface area (Å²) in [6.45, 7) is 8.39. The van der Waals surface area contributed by atoms with Crippen LogP contribution < -0.4 is 11.2 Å². The van der Waals surface area contributed by atoms with Crippen molar-refractivity contribution in [2.75, 3.05) is 5.84 Å². The summed E-state index contributed by atoms with van der Waals surface area (Å²) in [5.41, 5.74) is 2.25. The van der Waals surface area contributed by atoms with E-state index in [0.717, 1.165) is 18.4 Å². The van der Waals surface area contributed by atoms with Gasteiger partial charge in [-0.3, -0.25) is 4.79 Å². The highest BCUT2D eigenvalue weighted by molar-refractivity contribution is 8.00. The summed E-state index contributed by atoms with van der Waals surface area (Å²) in [5, 5.41) is 11.6. The topological polar surface area (TPSA) is 85.8 Å². The number of nitrogens with one attached hydrogen (secondary N) is 1. The molecular formula is C18H25N5OS. The fraction of sp³-hybridized carbons (Fsp3) is 0.500. The second-order valence-electron chi connectivity index (χ2n) is 7.55. The second kappa shape index (κ2) is 6.71. The first-order chi connectivity index (χ1) is 11.8. The molecule has 1 heterocycles. The van der Waals surface area contributed by atoms with Crippen LogP contribution in [0.15, 0.2) is 29.4 Å². The molecule has 2 aromatic rings. The number of aromatic nitrogens is 3. The Balaban J connectivity index is 1.73. The Morgan fingerprint density at radius 2 is 1.92 bits per heavy atom. The molecule has 1 aliphatic carbocycles. The number of rotatable bonds is 5. The highest BCUT2D eigenvalue weighted by Gasteiger charge is 2.27. The largest absolute Gasteiger partial charge is 0.352 e. The molecular weight excluding hydrogens is 334 g/mol. The summed E-state index contributed by atoms with van der Waals surface area (Å²) in [4.78, 5) is 12.1. The highest BCUT2D eigenvalue weighted by atomic mass is 32.2. The number of nitrogens with two attached hydrogens (primary N) is 1. The van der Waals surface area contributed by atoms with Gasteiger partial charge in [0.05, 0.1) is 5.25 Å². The van der Waals surface area contributed by atoms with Crippen LogP contribution in [-0.2, 0) is 10.2 Å². The van der Waals surface area contributed by atoms with Crippen LogP contribution in [-0.4, -0.2) is 32.1 Å². The molecule has 1 saturated carbocycles. The smallest absolute Gasteiger partial charge is 0.233 e. The number of hydrogen-bond donors (Lipinski definition) is 2. The molecule has 0 spiro atoms. The van der Waals surface area contributed by atoms with E-state index in [1.54, 1.807) is 0 Å². The van der Waals surface area contributed by atoms with Gasteiger partial charge in [-0.25, -0.2) is 4.68 Å². The average Bonchev–Trinajstić information content (AvgIpc) is 3.30. The molecule has 1 aromatic carbocycles. The number of carbonyl (C=O) groups excluding carboxylic acids is 1. The van der Waals surface area contributed by atoms with Crippen molar-refractivity contribution in [3.63, 3.8) is 0 Å². The SMILES string of the molecule is C[C@H](Sc1nnc(-c2ccc(C(C)(C)C)cc2)n1N)C(=O)NC1CC1. The molecule has 3 rings (SSSR count). The summed E-state index contributed by atoms with van der Waals surface area (Å²) >= 11 is 1.32. The number of nitrogens with zero attached hydrogens (tertiary/aromatic N) is 3. The lowest BCUT2D eigenvalue weighted by Gasteiger charge is -2.19. The minimum atomic E-state index is -0.261. The van der Waals surface area contributed by atoms with E-state index >= 15 is 0 Å². The van der Waals surface area contributed by atoms with Gasteiger partial charge in [-0.05, 0) is 30.7 Å².